The maximum Gasteiger partial charge on any atom is 0.335 e. The van der Waals surface area contributed by atoms with Crippen LogP contribution in [0, 0.1) is 0 Å². The fraction of sp³-hybridized carbons (Fsp3) is 0.562. The third-order valence-electron chi connectivity index (χ3n) is 3.53. The quantitative estimate of drug-likeness (QED) is 0.705. The molecule has 4 heteroatoms. The van der Waals surface area contributed by atoms with Crippen LogP contribution in [-0.2, 0) is 0 Å². The van der Waals surface area contributed by atoms with Crippen molar-refractivity contribution in [2.75, 3.05) is 19.7 Å². The molecule has 1 aromatic carbocycles. The van der Waals surface area contributed by atoms with Gasteiger partial charge >= 0.3 is 5.97 Å². The molecule has 0 amide bonds. The number of carbonyl (C=O) groups is 1. The number of benzene rings is 1. The molecule has 0 atom stereocenters. The maximum atomic E-state index is 10.7. The first kappa shape index (κ1) is 14.9. The van der Waals surface area contributed by atoms with Gasteiger partial charge in [-0.15, -0.1) is 0 Å². The molecule has 110 valence electrons. The second-order valence-corrected chi connectivity index (χ2v) is 5.30. The largest absolute Gasteiger partial charge is 0.494 e. The van der Waals surface area contributed by atoms with Crippen molar-refractivity contribution in [2.24, 2.45) is 0 Å². The molecule has 20 heavy (non-hydrogen) atoms. The van der Waals surface area contributed by atoms with Crippen LogP contribution in [0.3, 0.4) is 0 Å². The second kappa shape index (κ2) is 7.29. The molecule has 0 bridgehead atoms. The number of rotatable bonds is 9. The van der Waals surface area contributed by atoms with E-state index in [1.165, 1.54) is 25.8 Å². The van der Waals surface area contributed by atoms with E-state index in [1.807, 2.05) is 0 Å². The van der Waals surface area contributed by atoms with Gasteiger partial charge in [-0.1, -0.05) is 6.92 Å². The highest BCUT2D eigenvalue weighted by Crippen LogP contribution is 2.26. The minimum Gasteiger partial charge on any atom is -0.494 e. The molecular weight excluding hydrogens is 254 g/mol. The summed E-state index contributed by atoms with van der Waals surface area (Å²) in [4.78, 5) is 13.3. The lowest BCUT2D eigenvalue weighted by Crippen LogP contribution is -2.28. The molecule has 0 spiro atoms. The Morgan fingerprint density at radius 2 is 2.00 bits per heavy atom. The number of aromatic carboxylic acids is 1. The van der Waals surface area contributed by atoms with Gasteiger partial charge in [0, 0.05) is 12.6 Å². The highest BCUT2D eigenvalue weighted by atomic mass is 16.5. The number of nitrogens with zero attached hydrogens (tertiary/aromatic N) is 1. The molecule has 1 aliphatic carbocycles. The molecule has 0 unspecified atom stereocenters. The summed E-state index contributed by atoms with van der Waals surface area (Å²) >= 11 is 0. The first-order chi connectivity index (χ1) is 9.70. The minimum absolute atomic E-state index is 0.292. The van der Waals surface area contributed by atoms with E-state index in [9.17, 15) is 4.79 Å². The highest BCUT2D eigenvalue weighted by molar-refractivity contribution is 5.87. The van der Waals surface area contributed by atoms with Crippen LogP contribution in [0.15, 0.2) is 24.3 Å². The van der Waals surface area contributed by atoms with E-state index >= 15 is 0 Å². The molecule has 0 aromatic heterocycles. The van der Waals surface area contributed by atoms with Crippen LogP contribution >= 0.6 is 0 Å². The van der Waals surface area contributed by atoms with Crippen molar-refractivity contribution < 1.29 is 14.6 Å². The van der Waals surface area contributed by atoms with Crippen molar-refractivity contribution >= 4 is 5.97 Å². The van der Waals surface area contributed by atoms with Gasteiger partial charge in [0.1, 0.15) is 5.75 Å². The van der Waals surface area contributed by atoms with Gasteiger partial charge in [-0.3, -0.25) is 0 Å². The summed E-state index contributed by atoms with van der Waals surface area (Å²) in [5, 5.41) is 8.81. The van der Waals surface area contributed by atoms with Crippen LogP contribution in [0.2, 0.25) is 0 Å². The summed E-state index contributed by atoms with van der Waals surface area (Å²) in [6.45, 7) is 5.17. The zero-order valence-electron chi connectivity index (χ0n) is 12.0. The highest BCUT2D eigenvalue weighted by Gasteiger charge is 2.27. The molecule has 1 N–H and O–H groups in total. The lowest BCUT2D eigenvalue weighted by atomic mass is 10.2. The molecule has 1 aromatic rings. The lowest BCUT2D eigenvalue weighted by molar-refractivity contribution is 0.0697. The van der Waals surface area contributed by atoms with Crippen molar-refractivity contribution in [1.29, 1.82) is 0 Å². The Morgan fingerprint density at radius 1 is 1.30 bits per heavy atom. The number of ether oxygens (including phenoxy) is 1. The summed E-state index contributed by atoms with van der Waals surface area (Å²) in [5.74, 6) is -0.167. The number of hydrogen-bond acceptors (Lipinski definition) is 3. The van der Waals surface area contributed by atoms with Gasteiger partial charge in [-0.25, -0.2) is 4.79 Å². The summed E-state index contributed by atoms with van der Waals surface area (Å²) in [6, 6.07) is 7.39. The van der Waals surface area contributed by atoms with Crippen LogP contribution < -0.4 is 4.74 Å². The third kappa shape index (κ3) is 4.53. The molecule has 0 heterocycles. The van der Waals surface area contributed by atoms with E-state index in [0.717, 1.165) is 24.8 Å². The molecular formula is C16H23NO3. The van der Waals surface area contributed by atoms with Crippen LogP contribution in [0.25, 0.3) is 0 Å². The monoisotopic (exact) mass is 277 g/mol. The van der Waals surface area contributed by atoms with Gasteiger partial charge in [0.25, 0.3) is 0 Å². The second-order valence-electron chi connectivity index (χ2n) is 5.30. The first-order valence-electron chi connectivity index (χ1n) is 7.41. The minimum atomic E-state index is -0.906. The Labute approximate surface area is 120 Å². The van der Waals surface area contributed by atoms with E-state index < -0.39 is 5.97 Å². The molecule has 2 rings (SSSR count). The van der Waals surface area contributed by atoms with Gasteiger partial charge in [0.05, 0.1) is 12.2 Å². The average molecular weight is 277 g/mol. The standard InChI is InChI=1S/C16H23NO3/c1-2-10-17(14-6-7-14)11-3-12-20-15-8-4-13(5-9-15)16(18)19/h4-5,8-9,14H,2-3,6-7,10-12H2,1H3,(H,18,19). The Morgan fingerprint density at radius 3 is 2.55 bits per heavy atom. The smallest absolute Gasteiger partial charge is 0.335 e. The molecule has 1 aliphatic rings. The van der Waals surface area contributed by atoms with Gasteiger partial charge in [0.2, 0.25) is 0 Å². The Balaban J connectivity index is 1.68. The molecule has 1 saturated carbocycles. The molecule has 4 nitrogen and oxygen atoms in total. The summed E-state index contributed by atoms with van der Waals surface area (Å²) in [7, 11) is 0. The van der Waals surface area contributed by atoms with Crippen molar-refractivity contribution in [2.45, 2.75) is 38.6 Å². The van der Waals surface area contributed by atoms with Crippen molar-refractivity contribution in [3.8, 4) is 5.75 Å². The lowest BCUT2D eigenvalue weighted by Gasteiger charge is -2.21. The predicted octanol–water partition coefficient (Wildman–Crippen LogP) is 3.03. The van der Waals surface area contributed by atoms with E-state index in [0.29, 0.717) is 12.2 Å². The van der Waals surface area contributed by atoms with E-state index in [1.54, 1.807) is 24.3 Å². The zero-order valence-corrected chi connectivity index (χ0v) is 12.0. The molecule has 0 saturated heterocycles. The molecule has 1 fully saturated rings. The summed E-state index contributed by atoms with van der Waals surface area (Å²) in [5.41, 5.74) is 0.292. The fourth-order valence-corrected chi connectivity index (χ4v) is 2.36. The summed E-state index contributed by atoms with van der Waals surface area (Å²) in [6.07, 6.45) is 4.90. The summed E-state index contributed by atoms with van der Waals surface area (Å²) < 4.78 is 5.65. The normalized spacial score (nSPS) is 14.5. The zero-order chi connectivity index (χ0) is 14.4. The number of carboxylic acids is 1. The van der Waals surface area contributed by atoms with Crippen LogP contribution in [-0.4, -0.2) is 41.7 Å². The maximum absolute atomic E-state index is 10.7. The van der Waals surface area contributed by atoms with E-state index in [-0.39, 0.29) is 0 Å². The average Bonchev–Trinajstić information content (AvgIpc) is 3.27. The number of carboxylic acid groups (broad SMARTS) is 1. The van der Waals surface area contributed by atoms with E-state index in [2.05, 4.69) is 11.8 Å². The Hall–Kier alpha value is -1.55. The Bertz CT molecular complexity index is 426. The van der Waals surface area contributed by atoms with Crippen molar-refractivity contribution in [1.82, 2.24) is 4.90 Å². The van der Waals surface area contributed by atoms with Crippen molar-refractivity contribution in [3.63, 3.8) is 0 Å². The van der Waals surface area contributed by atoms with Crippen molar-refractivity contribution in [3.05, 3.63) is 29.8 Å². The van der Waals surface area contributed by atoms with E-state index in [4.69, 9.17) is 9.84 Å². The predicted molar refractivity (Wildman–Crippen MR) is 78.4 cm³/mol. The van der Waals surface area contributed by atoms with Crippen LogP contribution in [0.5, 0.6) is 5.75 Å². The number of hydrogen-bond donors (Lipinski definition) is 1. The van der Waals surface area contributed by atoms with Crippen LogP contribution in [0.1, 0.15) is 43.0 Å². The first-order valence-corrected chi connectivity index (χ1v) is 7.41. The van der Waals surface area contributed by atoms with Gasteiger partial charge in [0.15, 0.2) is 0 Å². The Kier molecular flexibility index (Phi) is 5.41. The van der Waals surface area contributed by atoms with Gasteiger partial charge < -0.3 is 14.7 Å². The van der Waals surface area contributed by atoms with Crippen LogP contribution in [0.4, 0.5) is 0 Å². The molecule has 0 aliphatic heterocycles. The third-order valence-corrected chi connectivity index (χ3v) is 3.53. The molecule has 0 radical (unpaired) electrons. The van der Waals surface area contributed by atoms with Gasteiger partial charge in [-0.2, -0.15) is 0 Å². The fourth-order valence-electron chi connectivity index (χ4n) is 2.36. The SMILES string of the molecule is CCCN(CCCOc1ccc(C(=O)O)cc1)C1CC1. The van der Waals surface area contributed by atoms with Gasteiger partial charge in [-0.05, 0) is 56.5 Å². The topological polar surface area (TPSA) is 49.8 Å².